The number of nitrogens with one attached hydrogen (secondary N) is 2. The molecule has 0 fully saturated rings. The van der Waals surface area contributed by atoms with E-state index >= 15 is 0 Å². The first-order valence-corrected chi connectivity index (χ1v) is 13.0. The van der Waals surface area contributed by atoms with Gasteiger partial charge in [0, 0.05) is 26.3 Å². The van der Waals surface area contributed by atoms with Gasteiger partial charge in [-0.2, -0.15) is 0 Å². The van der Waals surface area contributed by atoms with Crippen molar-refractivity contribution in [3.05, 3.63) is 78.9 Å². The Hall–Kier alpha value is -3.35. The summed E-state index contributed by atoms with van der Waals surface area (Å²) in [6.45, 7) is 10.1. The summed E-state index contributed by atoms with van der Waals surface area (Å²) in [5.41, 5.74) is 1.28. The van der Waals surface area contributed by atoms with E-state index in [0.717, 1.165) is 5.56 Å². The van der Waals surface area contributed by atoms with Crippen LogP contribution in [0.3, 0.4) is 0 Å². The first-order valence-electron chi connectivity index (χ1n) is 13.0. The Balaban J connectivity index is 2.07. The summed E-state index contributed by atoms with van der Waals surface area (Å²) in [6, 6.07) is 8.63. The summed E-state index contributed by atoms with van der Waals surface area (Å²) in [5, 5.41) is 36.6. The third-order valence-corrected chi connectivity index (χ3v) is 5.82. The molecule has 11 nitrogen and oxygen atoms in total. The second-order valence-corrected chi connectivity index (χ2v) is 10.5. The minimum Gasteiger partial charge on any atom is -0.387 e. The van der Waals surface area contributed by atoms with E-state index in [9.17, 15) is 24.9 Å². The van der Waals surface area contributed by atoms with Crippen LogP contribution in [0.5, 0.6) is 0 Å². The van der Waals surface area contributed by atoms with Crippen molar-refractivity contribution in [1.82, 2.24) is 20.2 Å². The zero-order valence-electron chi connectivity index (χ0n) is 23.6. The molecule has 0 spiro atoms. The fourth-order valence-corrected chi connectivity index (χ4v) is 3.68. The Morgan fingerprint density at radius 3 is 2.45 bits per heavy atom. The summed E-state index contributed by atoms with van der Waals surface area (Å²) >= 11 is 0. The van der Waals surface area contributed by atoms with Crippen molar-refractivity contribution in [3.63, 3.8) is 0 Å². The molecule has 0 aliphatic carbocycles. The Morgan fingerprint density at radius 1 is 1.12 bits per heavy atom. The van der Waals surface area contributed by atoms with Crippen molar-refractivity contribution in [2.45, 2.75) is 71.0 Å². The summed E-state index contributed by atoms with van der Waals surface area (Å²) < 4.78 is 12.6. The summed E-state index contributed by atoms with van der Waals surface area (Å²) in [7, 11) is 1.18. The first-order chi connectivity index (χ1) is 18.9. The highest BCUT2D eigenvalue weighted by molar-refractivity contribution is 5.90. The second-order valence-electron chi connectivity index (χ2n) is 10.5. The smallest absolute Gasteiger partial charge is 0.252 e. The SMILES string of the molecule is C=CCNC(=O)[C@H](Cc1cn(COCc2ccccc2)cn1)NC(=O)[C@H](OC)[C@H](O)[C@@H](O)[C@H](O)/C=C/C(C)(C)C. The number of aromatic nitrogens is 2. The van der Waals surface area contributed by atoms with E-state index in [1.807, 2.05) is 51.1 Å². The van der Waals surface area contributed by atoms with E-state index in [1.54, 1.807) is 23.2 Å². The molecule has 1 heterocycles. The molecule has 0 aliphatic rings. The topological polar surface area (TPSA) is 155 Å². The molecule has 0 unspecified atom stereocenters. The summed E-state index contributed by atoms with van der Waals surface area (Å²) in [5.74, 6) is -1.34. The lowest BCUT2D eigenvalue weighted by molar-refractivity contribution is -0.150. The third-order valence-electron chi connectivity index (χ3n) is 5.82. The molecule has 0 bridgehead atoms. The van der Waals surface area contributed by atoms with E-state index in [2.05, 4.69) is 22.2 Å². The predicted molar refractivity (Wildman–Crippen MR) is 150 cm³/mol. The van der Waals surface area contributed by atoms with E-state index < -0.39 is 42.3 Å². The molecule has 0 saturated carbocycles. The largest absolute Gasteiger partial charge is 0.387 e. The highest BCUT2D eigenvalue weighted by atomic mass is 16.5. The maximum atomic E-state index is 13.1. The molecular weight excluding hydrogens is 516 g/mol. The lowest BCUT2D eigenvalue weighted by Crippen LogP contribution is -2.56. The molecule has 2 aromatic rings. The number of aliphatic hydroxyl groups is 3. The molecule has 0 saturated heterocycles. The number of carbonyl (C=O) groups excluding carboxylic acids is 2. The molecule has 220 valence electrons. The van der Waals surface area contributed by atoms with Gasteiger partial charge in [-0.15, -0.1) is 6.58 Å². The van der Waals surface area contributed by atoms with Crippen LogP contribution in [0.4, 0.5) is 0 Å². The highest BCUT2D eigenvalue weighted by Crippen LogP contribution is 2.17. The Kier molecular flexibility index (Phi) is 13.2. The minimum atomic E-state index is -1.78. The molecule has 1 aromatic heterocycles. The standard InChI is InChI=1S/C29H42N4O7/c1-6-14-30-27(37)22(15-21-16-33(18-31-21)19-40-17-20-10-8-7-9-11-20)32-28(38)26(39-5)25(36)24(35)23(34)12-13-29(2,3)4/h6-13,16,18,22-26,34-36H,1,14-15,17,19H2,2-5H3,(H,30,37)(H,32,38)/b13-12+/t22-,23+,24-,25+,26+/m0/s1. The monoisotopic (exact) mass is 558 g/mol. The maximum absolute atomic E-state index is 13.1. The van der Waals surface area contributed by atoms with Gasteiger partial charge in [0.1, 0.15) is 31.1 Å². The average Bonchev–Trinajstić information content (AvgIpc) is 3.37. The van der Waals surface area contributed by atoms with Crippen LogP contribution in [0.25, 0.3) is 0 Å². The number of nitrogens with zero attached hydrogens (tertiary/aromatic N) is 2. The van der Waals surface area contributed by atoms with Crippen LogP contribution in [0, 0.1) is 5.41 Å². The first kappa shape index (κ1) is 32.9. The van der Waals surface area contributed by atoms with Crippen molar-refractivity contribution < 1.29 is 34.4 Å². The molecular formula is C29H42N4O7. The second kappa shape index (κ2) is 16.0. The van der Waals surface area contributed by atoms with Crippen LogP contribution in [-0.4, -0.2) is 80.8 Å². The molecule has 2 rings (SSSR count). The number of aliphatic hydroxyl groups excluding tert-OH is 3. The molecule has 11 heteroatoms. The minimum absolute atomic E-state index is 0.0342. The zero-order valence-corrected chi connectivity index (χ0v) is 23.6. The van der Waals surface area contributed by atoms with Crippen LogP contribution >= 0.6 is 0 Å². The number of carbonyl (C=O) groups is 2. The van der Waals surface area contributed by atoms with Gasteiger partial charge in [-0.25, -0.2) is 4.98 Å². The van der Waals surface area contributed by atoms with Gasteiger partial charge in [0.15, 0.2) is 6.10 Å². The number of allylic oxidation sites excluding steroid dienone is 1. The Morgan fingerprint density at radius 2 is 1.82 bits per heavy atom. The van der Waals surface area contributed by atoms with Gasteiger partial charge in [-0.05, 0) is 11.0 Å². The van der Waals surface area contributed by atoms with Crippen molar-refractivity contribution >= 4 is 11.8 Å². The number of imidazole rings is 1. The maximum Gasteiger partial charge on any atom is 0.252 e. The van der Waals surface area contributed by atoms with Gasteiger partial charge in [0.2, 0.25) is 5.91 Å². The number of methoxy groups -OCH3 is 1. The zero-order chi connectivity index (χ0) is 29.7. The fraction of sp³-hybridized carbons (Fsp3) is 0.483. The van der Waals surface area contributed by atoms with Crippen LogP contribution < -0.4 is 10.6 Å². The van der Waals surface area contributed by atoms with Gasteiger partial charge in [-0.3, -0.25) is 9.59 Å². The van der Waals surface area contributed by atoms with Crippen molar-refractivity contribution in [1.29, 1.82) is 0 Å². The molecule has 5 atom stereocenters. The number of amides is 2. The molecule has 1 aromatic carbocycles. The molecule has 5 N–H and O–H groups in total. The van der Waals surface area contributed by atoms with E-state index in [0.29, 0.717) is 12.3 Å². The van der Waals surface area contributed by atoms with Crippen molar-refractivity contribution in [2.24, 2.45) is 5.41 Å². The molecule has 40 heavy (non-hydrogen) atoms. The quantitative estimate of drug-likeness (QED) is 0.192. The van der Waals surface area contributed by atoms with Crippen molar-refractivity contribution in [3.8, 4) is 0 Å². The Bertz CT molecular complexity index is 1100. The normalized spacial score (nSPS) is 15.7. The number of benzene rings is 1. The van der Waals surface area contributed by atoms with Gasteiger partial charge in [-0.1, -0.05) is 69.3 Å². The number of ether oxygens (including phenoxy) is 2. The summed E-state index contributed by atoms with van der Waals surface area (Å²) in [4.78, 5) is 30.2. The Labute approximate surface area is 235 Å². The summed E-state index contributed by atoms with van der Waals surface area (Å²) in [6.07, 6.45) is 1.33. The highest BCUT2D eigenvalue weighted by Gasteiger charge is 2.37. The van der Waals surface area contributed by atoms with E-state index in [1.165, 1.54) is 19.3 Å². The van der Waals surface area contributed by atoms with Crippen LogP contribution in [0.2, 0.25) is 0 Å². The van der Waals surface area contributed by atoms with Gasteiger partial charge >= 0.3 is 0 Å². The van der Waals surface area contributed by atoms with Crippen LogP contribution in [0.1, 0.15) is 32.0 Å². The van der Waals surface area contributed by atoms with Crippen LogP contribution in [-0.2, 0) is 38.8 Å². The fourth-order valence-electron chi connectivity index (χ4n) is 3.68. The lowest BCUT2D eigenvalue weighted by atomic mass is 9.94. The third kappa shape index (κ3) is 11.0. The predicted octanol–water partition coefficient (Wildman–Crippen LogP) is 1.09. The van der Waals surface area contributed by atoms with E-state index in [-0.39, 0.29) is 25.1 Å². The number of hydrogen-bond donors (Lipinski definition) is 5. The van der Waals surface area contributed by atoms with Gasteiger partial charge in [0.05, 0.1) is 18.6 Å². The van der Waals surface area contributed by atoms with Crippen LogP contribution in [0.15, 0.2) is 67.7 Å². The molecule has 0 aliphatic heterocycles. The average molecular weight is 559 g/mol. The molecule has 0 radical (unpaired) electrons. The van der Waals surface area contributed by atoms with Crippen molar-refractivity contribution in [2.75, 3.05) is 13.7 Å². The number of rotatable bonds is 16. The van der Waals surface area contributed by atoms with Gasteiger partial charge < -0.3 is 40.0 Å². The number of hydrogen-bond acceptors (Lipinski definition) is 8. The van der Waals surface area contributed by atoms with Gasteiger partial charge in [0.25, 0.3) is 5.91 Å². The lowest BCUT2D eigenvalue weighted by Gasteiger charge is -2.28. The molecule has 2 amide bonds. The van der Waals surface area contributed by atoms with E-state index in [4.69, 9.17) is 9.47 Å².